The van der Waals surface area contributed by atoms with Crippen LogP contribution in [0.4, 0.5) is 5.69 Å². The molecule has 3 rings (SSSR count). The number of aryl methyl sites for hydroxylation is 1. The van der Waals surface area contributed by atoms with E-state index in [-0.39, 0.29) is 12.0 Å². The molecule has 1 N–H and O–H groups in total. The van der Waals surface area contributed by atoms with E-state index in [1.165, 1.54) is 23.3 Å². The van der Waals surface area contributed by atoms with E-state index in [9.17, 15) is 4.79 Å². The van der Waals surface area contributed by atoms with Gasteiger partial charge < -0.3 is 10.1 Å². The summed E-state index contributed by atoms with van der Waals surface area (Å²) in [5, 5.41) is 5.69. The van der Waals surface area contributed by atoms with Crippen LogP contribution in [0.5, 0.6) is 0 Å². The Bertz CT molecular complexity index is 635. The highest BCUT2D eigenvalue weighted by atomic mass is 32.1. The van der Waals surface area contributed by atoms with E-state index in [1.807, 2.05) is 42.5 Å². The average molecular weight is 301 g/mol. The number of thiophene rings is 1. The summed E-state index contributed by atoms with van der Waals surface area (Å²) in [4.78, 5) is 13.5. The summed E-state index contributed by atoms with van der Waals surface area (Å²) in [7, 11) is 0. The number of hydrogen-bond acceptors (Lipinski definition) is 4. The molecule has 0 fully saturated rings. The van der Waals surface area contributed by atoms with E-state index in [4.69, 9.17) is 4.74 Å². The van der Waals surface area contributed by atoms with Crippen molar-refractivity contribution in [3.8, 4) is 0 Å². The lowest BCUT2D eigenvalue weighted by Gasteiger charge is -2.25. The second-order valence-corrected chi connectivity index (χ2v) is 6.15. The van der Waals surface area contributed by atoms with Crippen LogP contribution in [0.1, 0.15) is 46.6 Å². The monoisotopic (exact) mass is 301 g/mol. The van der Waals surface area contributed by atoms with Crippen molar-refractivity contribution < 1.29 is 9.53 Å². The summed E-state index contributed by atoms with van der Waals surface area (Å²) < 4.78 is 5.14. The predicted molar refractivity (Wildman–Crippen MR) is 86.0 cm³/mol. The molecule has 3 nitrogen and oxygen atoms in total. The molecule has 1 unspecified atom stereocenters. The molecule has 1 aromatic heterocycles. The standard InChI is InChI=1S/C17H19NO2S/c1-2-20-17(19)13-6-3-4-7-15(13)18-14-8-5-9-16-12(14)10-11-21-16/h3-4,6-7,10-11,14,18H,2,5,8-9H2,1H3. The maximum atomic E-state index is 12.0. The van der Waals surface area contributed by atoms with Crippen molar-refractivity contribution in [2.24, 2.45) is 0 Å². The van der Waals surface area contributed by atoms with Crippen molar-refractivity contribution in [1.82, 2.24) is 0 Å². The molecule has 0 aliphatic heterocycles. The molecule has 0 saturated carbocycles. The Morgan fingerprint density at radius 2 is 2.24 bits per heavy atom. The van der Waals surface area contributed by atoms with E-state index in [0.717, 1.165) is 12.1 Å². The topological polar surface area (TPSA) is 38.3 Å². The van der Waals surface area contributed by atoms with Gasteiger partial charge in [0, 0.05) is 10.6 Å². The molecule has 1 aliphatic rings. The Morgan fingerprint density at radius 1 is 1.38 bits per heavy atom. The van der Waals surface area contributed by atoms with Crippen LogP contribution >= 0.6 is 11.3 Å². The second-order valence-electron chi connectivity index (χ2n) is 5.15. The molecule has 0 bridgehead atoms. The van der Waals surface area contributed by atoms with Gasteiger partial charge in [-0.3, -0.25) is 0 Å². The predicted octanol–water partition coefficient (Wildman–Crippen LogP) is 4.41. The molecule has 0 amide bonds. The molecule has 1 aliphatic carbocycles. The van der Waals surface area contributed by atoms with E-state index in [2.05, 4.69) is 16.8 Å². The highest BCUT2D eigenvalue weighted by molar-refractivity contribution is 7.10. The number of para-hydroxylation sites is 1. The van der Waals surface area contributed by atoms with Crippen LogP contribution in [0.3, 0.4) is 0 Å². The van der Waals surface area contributed by atoms with Crippen LogP contribution in [0.25, 0.3) is 0 Å². The van der Waals surface area contributed by atoms with Crippen molar-refractivity contribution in [3.05, 3.63) is 51.7 Å². The molecule has 0 saturated heterocycles. The summed E-state index contributed by atoms with van der Waals surface area (Å²) in [6, 6.07) is 10.1. The molecule has 4 heteroatoms. The van der Waals surface area contributed by atoms with Gasteiger partial charge in [0.2, 0.25) is 0 Å². The Morgan fingerprint density at radius 3 is 3.10 bits per heavy atom. The van der Waals surface area contributed by atoms with Crippen LogP contribution in [0, 0.1) is 0 Å². The van der Waals surface area contributed by atoms with Crippen molar-refractivity contribution >= 4 is 23.0 Å². The van der Waals surface area contributed by atoms with E-state index in [0.29, 0.717) is 12.2 Å². The number of rotatable bonds is 4. The molecule has 0 spiro atoms. The minimum absolute atomic E-state index is 0.262. The van der Waals surface area contributed by atoms with Gasteiger partial charge in [-0.15, -0.1) is 11.3 Å². The second kappa shape index (κ2) is 6.31. The van der Waals surface area contributed by atoms with Gasteiger partial charge in [-0.25, -0.2) is 4.79 Å². The Hall–Kier alpha value is -1.81. The van der Waals surface area contributed by atoms with Crippen LogP contribution in [-0.4, -0.2) is 12.6 Å². The molecule has 1 heterocycles. The fourth-order valence-corrected chi connectivity index (χ4v) is 3.81. The largest absolute Gasteiger partial charge is 0.462 e. The molecule has 0 radical (unpaired) electrons. The summed E-state index contributed by atoms with van der Waals surface area (Å²) >= 11 is 1.83. The quantitative estimate of drug-likeness (QED) is 0.850. The van der Waals surface area contributed by atoms with Gasteiger partial charge in [0.1, 0.15) is 0 Å². The maximum Gasteiger partial charge on any atom is 0.340 e. The summed E-state index contributed by atoms with van der Waals surface area (Å²) in [5.74, 6) is -0.262. The lowest BCUT2D eigenvalue weighted by atomic mass is 9.93. The number of benzene rings is 1. The number of fused-ring (bicyclic) bond motifs is 1. The highest BCUT2D eigenvalue weighted by Crippen LogP contribution is 2.36. The normalized spacial score (nSPS) is 17.1. The fourth-order valence-electron chi connectivity index (χ4n) is 2.82. The zero-order valence-corrected chi connectivity index (χ0v) is 12.9. The zero-order valence-electron chi connectivity index (χ0n) is 12.1. The maximum absolute atomic E-state index is 12.0. The number of carbonyl (C=O) groups is 1. The fraction of sp³-hybridized carbons (Fsp3) is 0.353. The lowest BCUT2D eigenvalue weighted by Crippen LogP contribution is -2.18. The van der Waals surface area contributed by atoms with Gasteiger partial charge in [-0.05, 0) is 55.3 Å². The first-order chi connectivity index (χ1) is 10.3. The number of ether oxygens (including phenoxy) is 1. The van der Waals surface area contributed by atoms with Gasteiger partial charge in [0.25, 0.3) is 0 Å². The minimum atomic E-state index is -0.262. The van der Waals surface area contributed by atoms with Gasteiger partial charge in [-0.2, -0.15) is 0 Å². The van der Waals surface area contributed by atoms with E-state index >= 15 is 0 Å². The molecular formula is C17H19NO2S. The highest BCUT2D eigenvalue weighted by Gasteiger charge is 2.22. The third kappa shape index (κ3) is 2.95. The number of carbonyl (C=O) groups excluding carboxylic acids is 1. The molecule has 1 atom stereocenters. The van der Waals surface area contributed by atoms with Crippen LogP contribution in [0.15, 0.2) is 35.7 Å². The van der Waals surface area contributed by atoms with Gasteiger partial charge in [0.15, 0.2) is 0 Å². The summed E-state index contributed by atoms with van der Waals surface area (Å²) in [6.07, 6.45) is 3.46. The first kappa shape index (κ1) is 14.1. The van der Waals surface area contributed by atoms with Crippen molar-refractivity contribution in [3.63, 3.8) is 0 Å². The average Bonchev–Trinajstić information content (AvgIpc) is 2.97. The van der Waals surface area contributed by atoms with Gasteiger partial charge >= 0.3 is 5.97 Å². The van der Waals surface area contributed by atoms with Gasteiger partial charge in [-0.1, -0.05) is 12.1 Å². The first-order valence-electron chi connectivity index (χ1n) is 7.38. The van der Waals surface area contributed by atoms with Crippen molar-refractivity contribution in [1.29, 1.82) is 0 Å². The third-order valence-electron chi connectivity index (χ3n) is 3.80. The third-order valence-corrected chi connectivity index (χ3v) is 4.80. The Labute approximate surface area is 129 Å². The number of esters is 1. The van der Waals surface area contributed by atoms with Crippen LogP contribution in [0.2, 0.25) is 0 Å². The van der Waals surface area contributed by atoms with Crippen molar-refractivity contribution in [2.45, 2.75) is 32.2 Å². The molecule has 1 aromatic carbocycles. The zero-order chi connectivity index (χ0) is 14.7. The minimum Gasteiger partial charge on any atom is -0.462 e. The number of nitrogens with one attached hydrogen (secondary N) is 1. The van der Waals surface area contributed by atoms with E-state index < -0.39 is 0 Å². The smallest absolute Gasteiger partial charge is 0.340 e. The van der Waals surface area contributed by atoms with E-state index in [1.54, 1.807) is 0 Å². The Kier molecular flexibility index (Phi) is 4.25. The van der Waals surface area contributed by atoms with Crippen LogP contribution < -0.4 is 5.32 Å². The Balaban J connectivity index is 1.85. The SMILES string of the molecule is CCOC(=O)c1ccccc1NC1CCCc2sccc21. The summed E-state index contributed by atoms with van der Waals surface area (Å²) in [5.41, 5.74) is 2.85. The first-order valence-corrected chi connectivity index (χ1v) is 8.26. The van der Waals surface area contributed by atoms with Crippen molar-refractivity contribution in [2.75, 3.05) is 11.9 Å². The molecule has 21 heavy (non-hydrogen) atoms. The lowest BCUT2D eigenvalue weighted by molar-refractivity contribution is 0.0527. The molecule has 110 valence electrons. The molecule has 2 aromatic rings. The number of hydrogen-bond donors (Lipinski definition) is 1. The van der Waals surface area contributed by atoms with Gasteiger partial charge in [0.05, 0.1) is 18.2 Å². The number of anilines is 1. The summed E-state index contributed by atoms with van der Waals surface area (Å²) in [6.45, 7) is 2.22. The molecular weight excluding hydrogens is 282 g/mol. The van der Waals surface area contributed by atoms with Crippen LogP contribution in [-0.2, 0) is 11.2 Å².